The highest BCUT2D eigenvalue weighted by atomic mass is 32.1. The van der Waals surface area contributed by atoms with E-state index in [1.165, 1.54) is 42.5 Å². The van der Waals surface area contributed by atoms with Crippen molar-refractivity contribution in [1.82, 2.24) is 10.9 Å². The number of fused-ring (bicyclic) bond motifs is 1. The van der Waals surface area contributed by atoms with Gasteiger partial charge in [-0.3, -0.25) is 20.4 Å². The zero-order valence-corrected chi connectivity index (χ0v) is 16.7. The predicted octanol–water partition coefficient (Wildman–Crippen LogP) is 2.27. The number of anilines is 1. The SMILES string of the molecule is C[C@@H](O)[C@@H](Nc1ccc(C#N)c2sccc12)C(=O)NNC(=O)c1ccc(C#N)cc1. The van der Waals surface area contributed by atoms with Gasteiger partial charge in [-0.25, -0.2) is 0 Å². The van der Waals surface area contributed by atoms with Gasteiger partial charge in [0.1, 0.15) is 12.1 Å². The lowest BCUT2D eigenvalue weighted by molar-refractivity contribution is -0.124. The van der Waals surface area contributed by atoms with Crippen molar-refractivity contribution in [2.45, 2.75) is 19.1 Å². The van der Waals surface area contributed by atoms with Gasteiger partial charge in [-0.2, -0.15) is 10.5 Å². The number of hydrazine groups is 1. The molecular formula is C21H17N5O3S. The Kier molecular flexibility index (Phi) is 6.28. The number of hydrogen-bond acceptors (Lipinski definition) is 7. The lowest BCUT2D eigenvalue weighted by atomic mass is 10.1. The standard InChI is InChI=1S/C21H17N5O3S/c1-12(27)18(24-17-7-6-15(11-23)19-16(17)8-9-30-19)21(29)26-25-20(28)14-4-2-13(10-22)3-5-14/h2-9,12,18,24,27H,1H3,(H,25,28)(H,26,29)/t12-,18-/m1/s1. The summed E-state index contributed by atoms with van der Waals surface area (Å²) in [4.78, 5) is 24.8. The van der Waals surface area contributed by atoms with Crippen LogP contribution in [0.5, 0.6) is 0 Å². The normalized spacial score (nSPS) is 12.3. The minimum atomic E-state index is -1.07. The van der Waals surface area contributed by atoms with Gasteiger partial charge in [-0.1, -0.05) is 0 Å². The lowest BCUT2D eigenvalue weighted by Gasteiger charge is -2.22. The van der Waals surface area contributed by atoms with Crippen molar-refractivity contribution in [3.8, 4) is 12.1 Å². The number of nitrogens with zero attached hydrogens (tertiary/aromatic N) is 2. The molecule has 4 N–H and O–H groups in total. The van der Waals surface area contributed by atoms with Crippen LogP contribution in [0.1, 0.15) is 28.4 Å². The van der Waals surface area contributed by atoms with Crippen LogP contribution in [0.25, 0.3) is 10.1 Å². The van der Waals surface area contributed by atoms with E-state index in [1.807, 2.05) is 17.5 Å². The molecule has 1 heterocycles. The highest BCUT2D eigenvalue weighted by Crippen LogP contribution is 2.31. The van der Waals surface area contributed by atoms with Crippen LogP contribution in [-0.4, -0.2) is 29.1 Å². The van der Waals surface area contributed by atoms with E-state index in [2.05, 4.69) is 22.2 Å². The Morgan fingerprint density at radius 1 is 1.03 bits per heavy atom. The van der Waals surface area contributed by atoms with Crippen LogP contribution < -0.4 is 16.2 Å². The second-order valence-electron chi connectivity index (χ2n) is 6.43. The van der Waals surface area contributed by atoms with Gasteiger partial charge in [-0.05, 0) is 54.8 Å². The number of aliphatic hydroxyl groups excluding tert-OH is 1. The van der Waals surface area contributed by atoms with E-state index in [-0.39, 0.29) is 5.56 Å². The molecule has 0 fully saturated rings. The molecule has 2 amide bonds. The molecule has 1 aromatic heterocycles. The first kappa shape index (κ1) is 20.8. The van der Waals surface area contributed by atoms with Crippen LogP contribution in [0.4, 0.5) is 5.69 Å². The van der Waals surface area contributed by atoms with E-state index in [4.69, 9.17) is 5.26 Å². The van der Waals surface area contributed by atoms with E-state index >= 15 is 0 Å². The fourth-order valence-corrected chi connectivity index (χ4v) is 3.70. The highest BCUT2D eigenvalue weighted by molar-refractivity contribution is 7.17. The summed E-state index contributed by atoms with van der Waals surface area (Å²) in [5.41, 5.74) is 6.39. The Labute approximate surface area is 176 Å². The molecule has 0 radical (unpaired) electrons. The molecule has 8 nitrogen and oxygen atoms in total. The average Bonchev–Trinajstić information content (AvgIpc) is 3.25. The van der Waals surface area contributed by atoms with Gasteiger partial charge in [0.25, 0.3) is 11.8 Å². The molecule has 3 rings (SSSR count). The maximum Gasteiger partial charge on any atom is 0.269 e. The smallest absolute Gasteiger partial charge is 0.269 e. The molecule has 0 saturated heterocycles. The van der Waals surface area contributed by atoms with Gasteiger partial charge < -0.3 is 10.4 Å². The number of carbonyl (C=O) groups is 2. The molecule has 0 aliphatic heterocycles. The molecule has 2 atom stereocenters. The molecule has 9 heteroatoms. The molecule has 0 spiro atoms. The Hall–Kier alpha value is -3.92. The Morgan fingerprint density at radius 2 is 1.77 bits per heavy atom. The summed E-state index contributed by atoms with van der Waals surface area (Å²) in [7, 11) is 0. The summed E-state index contributed by atoms with van der Waals surface area (Å²) in [5, 5.41) is 33.7. The highest BCUT2D eigenvalue weighted by Gasteiger charge is 2.25. The molecule has 2 aromatic carbocycles. The predicted molar refractivity (Wildman–Crippen MR) is 112 cm³/mol. The van der Waals surface area contributed by atoms with E-state index in [0.29, 0.717) is 16.8 Å². The number of carbonyl (C=O) groups excluding carboxylic acids is 2. The largest absolute Gasteiger partial charge is 0.391 e. The molecular weight excluding hydrogens is 402 g/mol. The number of hydrogen-bond donors (Lipinski definition) is 4. The van der Waals surface area contributed by atoms with Gasteiger partial charge in [0.15, 0.2) is 0 Å². The molecule has 30 heavy (non-hydrogen) atoms. The maximum absolute atomic E-state index is 12.6. The molecule has 150 valence electrons. The minimum Gasteiger partial charge on any atom is -0.391 e. The van der Waals surface area contributed by atoms with Crippen molar-refractivity contribution in [2.75, 3.05) is 5.32 Å². The van der Waals surface area contributed by atoms with Crippen LogP contribution >= 0.6 is 11.3 Å². The van der Waals surface area contributed by atoms with E-state index in [0.717, 1.165) is 10.1 Å². The minimum absolute atomic E-state index is 0.267. The summed E-state index contributed by atoms with van der Waals surface area (Å²) in [6.07, 6.45) is -1.07. The second-order valence-corrected chi connectivity index (χ2v) is 7.35. The third-order valence-electron chi connectivity index (χ3n) is 4.39. The maximum atomic E-state index is 12.6. The van der Waals surface area contributed by atoms with Gasteiger partial charge in [-0.15, -0.1) is 11.3 Å². The first-order chi connectivity index (χ1) is 14.4. The van der Waals surface area contributed by atoms with Crippen molar-refractivity contribution in [2.24, 2.45) is 0 Å². The summed E-state index contributed by atoms with van der Waals surface area (Å²) in [6, 6.07) is 14.1. The molecule has 0 saturated carbocycles. The summed E-state index contributed by atoms with van der Waals surface area (Å²) in [6.45, 7) is 1.45. The third-order valence-corrected chi connectivity index (χ3v) is 5.34. The number of nitriles is 2. The van der Waals surface area contributed by atoms with E-state index in [9.17, 15) is 20.0 Å². The monoisotopic (exact) mass is 419 g/mol. The fraction of sp³-hybridized carbons (Fsp3) is 0.143. The van der Waals surface area contributed by atoms with Crippen molar-refractivity contribution in [3.05, 3.63) is 64.5 Å². The van der Waals surface area contributed by atoms with Crippen molar-refractivity contribution >= 4 is 38.9 Å². The Balaban J connectivity index is 1.71. The zero-order valence-electron chi connectivity index (χ0n) is 15.8. The topological polar surface area (TPSA) is 138 Å². The second kappa shape index (κ2) is 9.05. The molecule has 0 bridgehead atoms. The summed E-state index contributed by atoms with van der Waals surface area (Å²) < 4.78 is 0.779. The molecule has 3 aromatic rings. The fourth-order valence-electron chi connectivity index (χ4n) is 2.81. The lowest BCUT2D eigenvalue weighted by Crippen LogP contribution is -2.52. The van der Waals surface area contributed by atoms with Crippen LogP contribution in [0, 0.1) is 22.7 Å². The van der Waals surface area contributed by atoms with Gasteiger partial charge >= 0.3 is 0 Å². The first-order valence-electron chi connectivity index (χ1n) is 8.90. The number of benzene rings is 2. The van der Waals surface area contributed by atoms with Crippen LogP contribution in [0.15, 0.2) is 47.8 Å². The van der Waals surface area contributed by atoms with Gasteiger partial charge in [0, 0.05) is 16.6 Å². The Morgan fingerprint density at radius 3 is 2.40 bits per heavy atom. The third kappa shape index (κ3) is 4.39. The number of amides is 2. The van der Waals surface area contributed by atoms with Crippen LogP contribution in [-0.2, 0) is 4.79 Å². The number of thiophene rings is 1. The molecule has 0 aliphatic rings. The summed E-state index contributed by atoms with van der Waals surface area (Å²) in [5.74, 6) is -1.20. The van der Waals surface area contributed by atoms with Crippen molar-refractivity contribution < 1.29 is 14.7 Å². The number of aliphatic hydroxyl groups is 1. The van der Waals surface area contributed by atoms with Gasteiger partial charge in [0.2, 0.25) is 0 Å². The number of nitrogens with one attached hydrogen (secondary N) is 3. The average molecular weight is 419 g/mol. The number of rotatable bonds is 5. The van der Waals surface area contributed by atoms with E-state index < -0.39 is 24.0 Å². The Bertz CT molecular complexity index is 1170. The van der Waals surface area contributed by atoms with E-state index in [1.54, 1.807) is 12.1 Å². The zero-order chi connectivity index (χ0) is 21.7. The van der Waals surface area contributed by atoms with Gasteiger partial charge in [0.05, 0.1) is 28.0 Å². The van der Waals surface area contributed by atoms with Crippen molar-refractivity contribution in [3.63, 3.8) is 0 Å². The molecule has 0 aliphatic carbocycles. The quantitative estimate of drug-likeness (QED) is 0.468. The first-order valence-corrected chi connectivity index (χ1v) is 9.78. The van der Waals surface area contributed by atoms with Crippen LogP contribution in [0.3, 0.4) is 0 Å². The molecule has 0 unspecified atom stereocenters. The van der Waals surface area contributed by atoms with Crippen LogP contribution in [0.2, 0.25) is 0 Å². The van der Waals surface area contributed by atoms with Crippen molar-refractivity contribution in [1.29, 1.82) is 10.5 Å². The summed E-state index contributed by atoms with van der Waals surface area (Å²) >= 11 is 1.41.